The van der Waals surface area contributed by atoms with Gasteiger partial charge in [0.1, 0.15) is 11.6 Å². The van der Waals surface area contributed by atoms with Crippen molar-refractivity contribution in [3.05, 3.63) is 58.1 Å². The van der Waals surface area contributed by atoms with Gasteiger partial charge in [-0.1, -0.05) is 22.0 Å². The first-order valence-corrected chi connectivity index (χ1v) is 7.92. The highest BCUT2D eigenvalue weighted by molar-refractivity contribution is 9.10. The van der Waals surface area contributed by atoms with Crippen LogP contribution in [0.1, 0.15) is 11.4 Å². The van der Waals surface area contributed by atoms with Crippen LogP contribution in [-0.2, 0) is 6.42 Å². The molecule has 21 heavy (non-hydrogen) atoms. The van der Waals surface area contributed by atoms with Gasteiger partial charge in [-0.15, -0.1) is 11.6 Å². The Labute approximate surface area is 135 Å². The van der Waals surface area contributed by atoms with Gasteiger partial charge in [-0.3, -0.25) is 4.57 Å². The average molecular weight is 368 g/mol. The van der Waals surface area contributed by atoms with Crippen molar-refractivity contribution in [3.8, 4) is 5.69 Å². The molecule has 0 radical (unpaired) electrons. The zero-order valence-electron chi connectivity index (χ0n) is 11.4. The Hall–Kier alpha value is -1.39. The fourth-order valence-electron chi connectivity index (χ4n) is 2.41. The van der Waals surface area contributed by atoms with E-state index in [-0.39, 0.29) is 5.82 Å². The van der Waals surface area contributed by atoms with Crippen LogP contribution in [0.2, 0.25) is 0 Å². The number of alkyl halides is 1. The number of imidazole rings is 1. The summed E-state index contributed by atoms with van der Waals surface area (Å²) in [6, 6.07) is 11.3. The molecule has 3 rings (SSSR count). The van der Waals surface area contributed by atoms with Crippen molar-refractivity contribution in [3.63, 3.8) is 0 Å². The molecule has 0 saturated heterocycles. The van der Waals surface area contributed by atoms with E-state index in [1.54, 1.807) is 6.92 Å². The van der Waals surface area contributed by atoms with E-state index in [1.165, 1.54) is 6.07 Å². The molecule has 3 aromatic rings. The number of fused-ring (bicyclic) bond motifs is 1. The summed E-state index contributed by atoms with van der Waals surface area (Å²) >= 11 is 9.36. The smallest absolute Gasteiger partial charge is 0.128 e. The number of benzene rings is 2. The van der Waals surface area contributed by atoms with E-state index >= 15 is 0 Å². The van der Waals surface area contributed by atoms with Crippen LogP contribution in [0.15, 0.2) is 40.9 Å². The Balaban J connectivity index is 2.32. The third kappa shape index (κ3) is 2.70. The molecule has 0 aliphatic heterocycles. The minimum atomic E-state index is -0.237. The van der Waals surface area contributed by atoms with Gasteiger partial charge in [0.25, 0.3) is 0 Å². The molecular formula is C16H13BrClFN2. The van der Waals surface area contributed by atoms with E-state index in [1.807, 2.05) is 34.9 Å². The van der Waals surface area contributed by atoms with Crippen LogP contribution in [0.3, 0.4) is 0 Å². The first-order valence-electron chi connectivity index (χ1n) is 6.59. The molecule has 0 N–H and O–H groups in total. The van der Waals surface area contributed by atoms with Crippen LogP contribution in [0.5, 0.6) is 0 Å². The van der Waals surface area contributed by atoms with Crippen molar-refractivity contribution in [2.45, 2.75) is 13.3 Å². The van der Waals surface area contributed by atoms with Gasteiger partial charge in [-0.2, -0.15) is 0 Å². The fraction of sp³-hybridized carbons (Fsp3) is 0.188. The largest absolute Gasteiger partial charge is 0.296 e. The number of hydrogen-bond acceptors (Lipinski definition) is 1. The topological polar surface area (TPSA) is 17.8 Å². The van der Waals surface area contributed by atoms with Gasteiger partial charge in [-0.25, -0.2) is 9.37 Å². The maximum Gasteiger partial charge on any atom is 0.128 e. The average Bonchev–Trinajstić information content (AvgIpc) is 2.77. The number of hydrogen-bond donors (Lipinski definition) is 0. The highest BCUT2D eigenvalue weighted by atomic mass is 79.9. The predicted octanol–water partition coefficient (Wildman–Crippen LogP) is 5.02. The summed E-state index contributed by atoms with van der Waals surface area (Å²) < 4.78 is 16.8. The Bertz CT molecular complexity index is 813. The van der Waals surface area contributed by atoms with Gasteiger partial charge in [0.2, 0.25) is 0 Å². The molecule has 1 heterocycles. The number of aromatic nitrogens is 2. The van der Waals surface area contributed by atoms with Crippen molar-refractivity contribution in [2.75, 3.05) is 5.88 Å². The zero-order chi connectivity index (χ0) is 15.0. The van der Waals surface area contributed by atoms with Crippen molar-refractivity contribution < 1.29 is 4.39 Å². The van der Waals surface area contributed by atoms with Crippen LogP contribution in [0.25, 0.3) is 16.7 Å². The van der Waals surface area contributed by atoms with Gasteiger partial charge in [0, 0.05) is 28.5 Å². The van der Waals surface area contributed by atoms with Gasteiger partial charge >= 0.3 is 0 Å². The molecule has 2 nitrogen and oxygen atoms in total. The van der Waals surface area contributed by atoms with E-state index in [0.29, 0.717) is 23.4 Å². The summed E-state index contributed by atoms with van der Waals surface area (Å²) in [6.45, 7) is 1.76. The fourth-order valence-corrected chi connectivity index (χ4v) is 2.96. The van der Waals surface area contributed by atoms with E-state index in [0.717, 1.165) is 21.5 Å². The Morgan fingerprint density at radius 3 is 2.81 bits per heavy atom. The van der Waals surface area contributed by atoms with Crippen molar-refractivity contribution in [1.82, 2.24) is 9.55 Å². The second kappa shape index (κ2) is 5.78. The van der Waals surface area contributed by atoms with Gasteiger partial charge in [-0.05, 0) is 36.8 Å². The van der Waals surface area contributed by atoms with E-state index in [2.05, 4.69) is 20.9 Å². The minimum Gasteiger partial charge on any atom is -0.296 e. The normalized spacial score (nSPS) is 11.2. The highest BCUT2D eigenvalue weighted by Gasteiger charge is 2.14. The van der Waals surface area contributed by atoms with E-state index in [9.17, 15) is 4.39 Å². The molecule has 5 heteroatoms. The summed E-state index contributed by atoms with van der Waals surface area (Å²) in [5.74, 6) is 1.07. The minimum absolute atomic E-state index is 0.237. The van der Waals surface area contributed by atoms with Crippen LogP contribution in [0, 0.1) is 12.7 Å². The van der Waals surface area contributed by atoms with Crippen molar-refractivity contribution in [1.29, 1.82) is 0 Å². The van der Waals surface area contributed by atoms with E-state index < -0.39 is 0 Å². The molecule has 0 fully saturated rings. The zero-order valence-corrected chi connectivity index (χ0v) is 13.7. The van der Waals surface area contributed by atoms with Gasteiger partial charge in [0.15, 0.2) is 0 Å². The molecule has 0 atom stereocenters. The third-order valence-electron chi connectivity index (χ3n) is 3.39. The van der Waals surface area contributed by atoms with Gasteiger partial charge in [0.05, 0.1) is 11.0 Å². The van der Waals surface area contributed by atoms with Crippen molar-refractivity contribution in [2.24, 2.45) is 0 Å². The molecule has 0 aliphatic rings. The lowest BCUT2D eigenvalue weighted by atomic mass is 10.2. The van der Waals surface area contributed by atoms with Gasteiger partial charge < -0.3 is 0 Å². The summed E-state index contributed by atoms with van der Waals surface area (Å²) in [5.41, 5.74) is 3.14. The summed E-state index contributed by atoms with van der Waals surface area (Å²) in [6.07, 6.45) is 0.628. The van der Waals surface area contributed by atoms with E-state index in [4.69, 9.17) is 11.6 Å². The van der Waals surface area contributed by atoms with Crippen LogP contribution in [0.4, 0.5) is 4.39 Å². The molecule has 1 aromatic heterocycles. The molecular weight excluding hydrogens is 355 g/mol. The first-order chi connectivity index (χ1) is 10.1. The summed E-state index contributed by atoms with van der Waals surface area (Å²) in [5, 5.41) is 0. The first kappa shape index (κ1) is 14.5. The molecule has 0 bridgehead atoms. The molecule has 0 spiro atoms. The van der Waals surface area contributed by atoms with Crippen LogP contribution in [-0.4, -0.2) is 15.4 Å². The quantitative estimate of drug-likeness (QED) is 0.595. The lowest BCUT2D eigenvalue weighted by Gasteiger charge is -2.09. The lowest BCUT2D eigenvalue weighted by Crippen LogP contribution is -2.02. The highest BCUT2D eigenvalue weighted by Crippen LogP contribution is 2.26. The van der Waals surface area contributed by atoms with Crippen molar-refractivity contribution >= 4 is 38.6 Å². The monoisotopic (exact) mass is 366 g/mol. The lowest BCUT2D eigenvalue weighted by molar-refractivity contribution is 0.620. The maximum atomic E-state index is 13.8. The molecule has 0 unspecified atom stereocenters. The molecule has 2 aromatic carbocycles. The maximum absolute atomic E-state index is 13.8. The van der Waals surface area contributed by atoms with Crippen LogP contribution < -0.4 is 0 Å². The third-order valence-corrected chi connectivity index (χ3v) is 4.07. The molecule has 0 amide bonds. The van der Waals surface area contributed by atoms with Crippen LogP contribution >= 0.6 is 27.5 Å². The standard InChI is InChI=1S/C16H13BrClFN2/c1-10-7-15-14(9-13(10)19)20-16(5-6-18)21(15)12-4-2-3-11(17)8-12/h2-4,7-9H,5-6H2,1H3. The molecule has 108 valence electrons. The Kier molecular flexibility index (Phi) is 4.00. The number of halogens is 3. The SMILES string of the molecule is Cc1cc2c(cc1F)nc(CCCl)n2-c1cccc(Br)c1. The number of rotatable bonds is 3. The molecule has 0 saturated carbocycles. The summed E-state index contributed by atoms with van der Waals surface area (Å²) in [7, 11) is 0. The summed E-state index contributed by atoms with van der Waals surface area (Å²) in [4.78, 5) is 4.53. The number of nitrogens with zero attached hydrogens (tertiary/aromatic N) is 2. The number of aryl methyl sites for hydroxylation is 2. The second-order valence-corrected chi connectivity index (χ2v) is 6.17. The molecule has 0 aliphatic carbocycles. The second-order valence-electron chi connectivity index (χ2n) is 4.87. The Morgan fingerprint density at radius 2 is 2.10 bits per heavy atom. The predicted molar refractivity (Wildman–Crippen MR) is 87.9 cm³/mol. The Morgan fingerprint density at radius 1 is 1.29 bits per heavy atom.